The number of nitrogens with zero attached hydrogens (tertiary/aromatic N) is 2. The third kappa shape index (κ3) is 4.70. The Kier molecular flexibility index (Phi) is 6.43. The van der Waals surface area contributed by atoms with Gasteiger partial charge in [0.15, 0.2) is 0 Å². The van der Waals surface area contributed by atoms with Crippen LogP contribution in [0.5, 0.6) is 0 Å². The first-order valence-corrected chi connectivity index (χ1v) is 11.9. The minimum absolute atomic E-state index is 0.117. The minimum Gasteiger partial charge on any atom is -0.462 e. The number of hydrogen-bond acceptors (Lipinski definition) is 6. The molecule has 2 heterocycles. The number of esters is 1. The highest BCUT2D eigenvalue weighted by Gasteiger charge is 2.35. The molecule has 1 aromatic rings. The van der Waals surface area contributed by atoms with Crippen molar-refractivity contribution in [1.82, 2.24) is 9.80 Å². The molecule has 2 amide bonds. The van der Waals surface area contributed by atoms with E-state index in [0.29, 0.717) is 49.3 Å². The maximum Gasteiger partial charge on any atom is 0.341 e. The predicted octanol–water partition coefficient (Wildman–Crippen LogP) is 2.54. The lowest BCUT2D eigenvalue weighted by atomic mass is 9.88. The fraction of sp³-hybridized carbons (Fsp3) is 0.682. The summed E-state index contributed by atoms with van der Waals surface area (Å²) < 4.78 is 5.28. The number of piperazine rings is 1. The van der Waals surface area contributed by atoms with E-state index in [4.69, 9.17) is 4.74 Å². The fourth-order valence-electron chi connectivity index (χ4n) is 4.34. The summed E-state index contributed by atoms with van der Waals surface area (Å²) in [6.07, 6.45) is 4.89. The quantitative estimate of drug-likeness (QED) is 0.698. The summed E-state index contributed by atoms with van der Waals surface area (Å²) in [7, 11) is 0. The summed E-state index contributed by atoms with van der Waals surface area (Å²) in [5.41, 5.74) is 1.61. The molecule has 7 nitrogen and oxygen atoms in total. The largest absolute Gasteiger partial charge is 0.462 e. The molecular weight excluding hydrogens is 402 g/mol. The summed E-state index contributed by atoms with van der Waals surface area (Å²) in [4.78, 5) is 42.7. The lowest BCUT2D eigenvalue weighted by Crippen LogP contribution is -2.50. The van der Waals surface area contributed by atoms with Gasteiger partial charge < -0.3 is 15.0 Å². The van der Waals surface area contributed by atoms with Crippen LogP contribution in [0.25, 0.3) is 0 Å². The molecule has 0 aromatic carbocycles. The van der Waals surface area contributed by atoms with Gasteiger partial charge in [-0.05, 0) is 50.5 Å². The van der Waals surface area contributed by atoms with E-state index in [2.05, 4.69) is 17.1 Å². The van der Waals surface area contributed by atoms with Crippen molar-refractivity contribution in [1.29, 1.82) is 0 Å². The molecular formula is C22H31N3O4S. The third-order valence-corrected chi connectivity index (χ3v) is 7.39. The van der Waals surface area contributed by atoms with Gasteiger partial charge in [0.25, 0.3) is 0 Å². The standard InChI is InChI=1S/C22H31N3O4S/c1-3-29-22(28)19-16-7-4-14(2)12-17(16)30-20(19)23-18(26)13-24-8-10-25(11-9-24)21(27)15-5-6-15/h14-15H,3-13H2,1-2H3,(H,23,26). The number of fused-ring (bicyclic) bond motifs is 1. The van der Waals surface area contributed by atoms with Gasteiger partial charge in [-0.15, -0.1) is 11.3 Å². The Morgan fingerprint density at radius 3 is 2.53 bits per heavy atom. The molecule has 1 saturated heterocycles. The van der Waals surface area contributed by atoms with Gasteiger partial charge in [0.05, 0.1) is 18.7 Å². The van der Waals surface area contributed by atoms with Gasteiger partial charge in [0.2, 0.25) is 11.8 Å². The summed E-state index contributed by atoms with van der Waals surface area (Å²) in [5.74, 6) is 0.649. The van der Waals surface area contributed by atoms with Gasteiger partial charge in [-0.25, -0.2) is 4.79 Å². The molecule has 1 N–H and O–H groups in total. The smallest absolute Gasteiger partial charge is 0.341 e. The number of carbonyl (C=O) groups excluding carboxylic acids is 3. The monoisotopic (exact) mass is 433 g/mol. The summed E-state index contributed by atoms with van der Waals surface area (Å²) >= 11 is 1.52. The Morgan fingerprint density at radius 1 is 1.13 bits per heavy atom. The van der Waals surface area contributed by atoms with Crippen molar-refractivity contribution in [3.63, 3.8) is 0 Å². The second-order valence-electron chi connectivity index (χ2n) is 8.70. The average Bonchev–Trinajstić information content (AvgIpc) is 3.50. The second kappa shape index (κ2) is 9.06. The van der Waals surface area contributed by atoms with Gasteiger partial charge in [-0.3, -0.25) is 14.5 Å². The molecule has 1 aliphatic heterocycles. The Hall–Kier alpha value is -1.93. The highest BCUT2D eigenvalue weighted by atomic mass is 32.1. The highest BCUT2D eigenvalue weighted by Crippen LogP contribution is 2.40. The van der Waals surface area contributed by atoms with Crippen LogP contribution in [0.1, 0.15) is 53.9 Å². The van der Waals surface area contributed by atoms with Crippen molar-refractivity contribution >= 4 is 34.1 Å². The van der Waals surface area contributed by atoms with Crippen molar-refractivity contribution in [2.45, 2.75) is 46.0 Å². The first kappa shape index (κ1) is 21.3. The number of thiophene rings is 1. The molecule has 0 spiro atoms. The Balaban J connectivity index is 1.38. The van der Waals surface area contributed by atoms with E-state index >= 15 is 0 Å². The van der Waals surface area contributed by atoms with Gasteiger partial charge in [0, 0.05) is 37.0 Å². The zero-order valence-electron chi connectivity index (χ0n) is 17.9. The van der Waals surface area contributed by atoms with E-state index in [0.717, 1.165) is 37.7 Å². The van der Waals surface area contributed by atoms with Gasteiger partial charge in [-0.2, -0.15) is 0 Å². The zero-order valence-corrected chi connectivity index (χ0v) is 18.7. The molecule has 1 atom stereocenters. The molecule has 30 heavy (non-hydrogen) atoms. The van der Waals surface area contributed by atoms with Crippen molar-refractivity contribution < 1.29 is 19.1 Å². The molecule has 1 aromatic heterocycles. The van der Waals surface area contributed by atoms with Crippen LogP contribution in [0.4, 0.5) is 5.00 Å². The highest BCUT2D eigenvalue weighted by molar-refractivity contribution is 7.17. The van der Waals surface area contributed by atoms with Crippen molar-refractivity contribution in [3.8, 4) is 0 Å². The summed E-state index contributed by atoms with van der Waals surface area (Å²) in [6, 6.07) is 0. The number of hydrogen-bond donors (Lipinski definition) is 1. The van der Waals surface area contributed by atoms with Crippen LogP contribution in [0.15, 0.2) is 0 Å². The molecule has 2 fully saturated rings. The Morgan fingerprint density at radius 2 is 1.87 bits per heavy atom. The van der Waals surface area contributed by atoms with Crippen LogP contribution in [0, 0.1) is 11.8 Å². The second-order valence-corrected chi connectivity index (χ2v) is 9.81. The van der Waals surface area contributed by atoms with Crippen LogP contribution >= 0.6 is 11.3 Å². The SMILES string of the molecule is CCOC(=O)c1c(NC(=O)CN2CCN(C(=O)C3CC3)CC2)sc2c1CCC(C)C2. The lowest BCUT2D eigenvalue weighted by molar-refractivity contribution is -0.134. The van der Waals surface area contributed by atoms with Crippen molar-refractivity contribution in [2.75, 3.05) is 44.6 Å². The van der Waals surface area contributed by atoms with Crippen LogP contribution in [0.3, 0.4) is 0 Å². The van der Waals surface area contributed by atoms with Crippen LogP contribution in [-0.4, -0.2) is 66.9 Å². The molecule has 1 saturated carbocycles. The number of ether oxygens (including phenoxy) is 1. The maximum absolute atomic E-state index is 12.7. The number of amides is 2. The number of anilines is 1. The Bertz CT molecular complexity index is 825. The van der Waals surface area contributed by atoms with Gasteiger partial charge >= 0.3 is 5.97 Å². The van der Waals surface area contributed by atoms with E-state index in [1.54, 1.807) is 6.92 Å². The minimum atomic E-state index is -0.341. The van der Waals surface area contributed by atoms with Crippen molar-refractivity contribution in [3.05, 3.63) is 16.0 Å². The van der Waals surface area contributed by atoms with E-state index in [9.17, 15) is 14.4 Å². The molecule has 0 radical (unpaired) electrons. The molecule has 164 valence electrons. The molecule has 0 bridgehead atoms. The van der Waals surface area contributed by atoms with Crippen LogP contribution in [0.2, 0.25) is 0 Å². The molecule has 1 unspecified atom stereocenters. The number of carbonyl (C=O) groups is 3. The first-order chi connectivity index (χ1) is 14.5. The molecule has 4 rings (SSSR count). The van der Waals surface area contributed by atoms with Crippen LogP contribution < -0.4 is 5.32 Å². The zero-order chi connectivity index (χ0) is 21.3. The van der Waals surface area contributed by atoms with E-state index in [-0.39, 0.29) is 30.2 Å². The maximum atomic E-state index is 12.7. The first-order valence-electron chi connectivity index (χ1n) is 11.1. The van der Waals surface area contributed by atoms with Gasteiger partial charge in [0.1, 0.15) is 5.00 Å². The molecule has 8 heteroatoms. The summed E-state index contributed by atoms with van der Waals surface area (Å²) in [5, 5.41) is 3.61. The van der Waals surface area contributed by atoms with E-state index < -0.39 is 0 Å². The van der Waals surface area contributed by atoms with Gasteiger partial charge in [-0.1, -0.05) is 6.92 Å². The Labute approximate surface area is 181 Å². The average molecular weight is 434 g/mol. The fourth-order valence-corrected chi connectivity index (χ4v) is 5.76. The topological polar surface area (TPSA) is 79.0 Å². The number of rotatable bonds is 6. The predicted molar refractivity (Wildman–Crippen MR) is 116 cm³/mol. The normalized spacial score (nSPS) is 21.8. The lowest BCUT2D eigenvalue weighted by Gasteiger charge is -2.34. The third-order valence-electron chi connectivity index (χ3n) is 6.22. The van der Waals surface area contributed by atoms with E-state index in [1.165, 1.54) is 16.2 Å². The van der Waals surface area contributed by atoms with Crippen LogP contribution in [-0.2, 0) is 27.2 Å². The molecule has 2 aliphatic carbocycles. The molecule has 3 aliphatic rings. The summed E-state index contributed by atoms with van der Waals surface area (Å²) in [6.45, 7) is 7.38. The number of nitrogens with one attached hydrogen (secondary N) is 1. The van der Waals surface area contributed by atoms with Crippen molar-refractivity contribution in [2.24, 2.45) is 11.8 Å². The van der Waals surface area contributed by atoms with E-state index in [1.807, 2.05) is 4.90 Å².